The number of benzene rings is 1. The molecule has 1 spiro atoms. The average Bonchev–Trinajstić information content (AvgIpc) is 3.10. The number of nitriles is 1. The van der Waals surface area contributed by atoms with Crippen molar-refractivity contribution in [1.82, 2.24) is 4.90 Å². The molecule has 1 amide bonds. The Morgan fingerprint density at radius 2 is 2.19 bits per heavy atom. The maximum absolute atomic E-state index is 12.6. The summed E-state index contributed by atoms with van der Waals surface area (Å²) in [4.78, 5) is 14.5. The van der Waals surface area contributed by atoms with Gasteiger partial charge >= 0.3 is 0 Å². The van der Waals surface area contributed by atoms with Crippen molar-refractivity contribution in [2.45, 2.75) is 30.1 Å². The van der Waals surface area contributed by atoms with Gasteiger partial charge in [0.2, 0.25) is 0 Å². The lowest BCUT2D eigenvalue weighted by Gasteiger charge is -2.47. The molecule has 3 aliphatic rings. The Kier molecular flexibility index (Phi) is 5.21. The second-order valence-corrected chi connectivity index (χ2v) is 9.05. The maximum Gasteiger partial charge on any atom is 0.253 e. The smallest absolute Gasteiger partial charge is 0.253 e. The molecule has 1 aromatic carbocycles. The molecule has 0 aliphatic carbocycles. The van der Waals surface area contributed by atoms with E-state index < -0.39 is 0 Å². The van der Waals surface area contributed by atoms with Crippen molar-refractivity contribution in [2.24, 2.45) is 5.92 Å². The molecule has 4 rings (SSSR count). The van der Waals surface area contributed by atoms with Gasteiger partial charge in [0.15, 0.2) is 0 Å². The van der Waals surface area contributed by atoms with E-state index in [4.69, 9.17) is 14.7 Å². The third-order valence-corrected chi connectivity index (χ3v) is 7.14. The summed E-state index contributed by atoms with van der Waals surface area (Å²) in [5.74, 6) is 1.69. The van der Waals surface area contributed by atoms with Crippen molar-refractivity contribution in [3.63, 3.8) is 0 Å². The number of carbonyl (C=O) groups excluding carboxylic acids is 1. The van der Waals surface area contributed by atoms with Gasteiger partial charge in [0.05, 0.1) is 22.5 Å². The van der Waals surface area contributed by atoms with Crippen LogP contribution >= 0.6 is 11.8 Å². The van der Waals surface area contributed by atoms with Gasteiger partial charge in [-0.05, 0) is 43.4 Å². The monoisotopic (exact) mass is 372 g/mol. The minimum absolute atomic E-state index is 0.0277. The van der Waals surface area contributed by atoms with Crippen LogP contribution in [0, 0.1) is 17.2 Å². The van der Waals surface area contributed by atoms with E-state index in [0.717, 1.165) is 57.9 Å². The van der Waals surface area contributed by atoms with E-state index in [-0.39, 0.29) is 10.7 Å². The number of hydrogen-bond acceptors (Lipinski definition) is 5. The SMILES string of the molecule is N#Cc1cccc(C(=O)N2CC3(CC(OCC4CCOCC4)CS3)C2)c1. The molecule has 26 heavy (non-hydrogen) atoms. The van der Waals surface area contributed by atoms with Gasteiger partial charge in [-0.3, -0.25) is 4.79 Å². The Morgan fingerprint density at radius 1 is 1.38 bits per heavy atom. The fourth-order valence-corrected chi connectivity index (χ4v) is 5.56. The highest BCUT2D eigenvalue weighted by Crippen LogP contribution is 2.46. The number of amides is 1. The molecule has 1 unspecified atom stereocenters. The van der Waals surface area contributed by atoms with Gasteiger partial charge in [0.25, 0.3) is 5.91 Å². The molecule has 1 aromatic rings. The van der Waals surface area contributed by atoms with Crippen LogP contribution in [0.25, 0.3) is 0 Å². The third-order valence-electron chi connectivity index (χ3n) is 5.57. The summed E-state index contributed by atoms with van der Waals surface area (Å²) in [6, 6.07) is 9.05. The molecule has 5 nitrogen and oxygen atoms in total. The molecule has 3 heterocycles. The van der Waals surface area contributed by atoms with E-state index in [0.29, 0.717) is 23.1 Å². The van der Waals surface area contributed by atoms with Gasteiger partial charge in [0.1, 0.15) is 0 Å². The zero-order valence-electron chi connectivity index (χ0n) is 14.9. The van der Waals surface area contributed by atoms with E-state index >= 15 is 0 Å². The quantitative estimate of drug-likeness (QED) is 0.813. The van der Waals surface area contributed by atoms with E-state index in [2.05, 4.69) is 6.07 Å². The van der Waals surface area contributed by atoms with Crippen molar-refractivity contribution in [1.29, 1.82) is 5.26 Å². The molecular weight excluding hydrogens is 348 g/mol. The van der Waals surface area contributed by atoms with E-state index in [1.54, 1.807) is 24.3 Å². The molecule has 0 aromatic heterocycles. The summed E-state index contributed by atoms with van der Waals surface area (Å²) < 4.78 is 11.7. The number of ether oxygens (including phenoxy) is 2. The summed E-state index contributed by atoms with van der Waals surface area (Å²) in [6.07, 6.45) is 3.55. The molecule has 6 heteroatoms. The first-order valence-corrected chi connectivity index (χ1v) is 10.3. The van der Waals surface area contributed by atoms with Gasteiger partial charge in [-0.25, -0.2) is 0 Å². The van der Waals surface area contributed by atoms with Crippen molar-refractivity contribution < 1.29 is 14.3 Å². The molecule has 1 atom stereocenters. The van der Waals surface area contributed by atoms with Crippen LogP contribution < -0.4 is 0 Å². The molecule has 3 saturated heterocycles. The molecule has 0 saturated carbocycles. The van der Waals surface area contributed by atoms with Crippen molar-refractivity contribution in [3.8, 4) is 6.07 Å². The zero-order valence-corrected chi connectivity index (χ0v) is 15.7. The van der Waals surface area contributed by atoms with Crippen LogP contribution in [0.4, 0.5) is 0 Å². The van der Waals surface area contributed by atoms with Crippen LogP contribution in [0.1, 0.15) is 35.2 Å². The van der Waals surface area contributed by atoms with Crippen molar-refractivity contribution in [3.05, 3.63) is 35.4 Å². The lowest BCUT2D eigenvalue weighted by Crippen LogP contribution is -2.60. The second-order valence-electron chi connectivity index (χ2n) is 7.56. The molecule has 0 N–H and O–H groups in total. The van der Waals surface area contributed by atoms with Gasteiger partial charge in [-0.15, -0.1) is 11.8 Å². The molecule has 0 bridgehead atoms. The lowest BCUT2D eigenvalue weighted by molar-refractivity contribution is -0.0118. The highest BCUT2D eigenvalue weighted by atomic mass is 32.2. The average molecular weight is 372 g/mol. The number of rotatable bonds is 4. The second kappa shape index (κ2) is 7.59. The van der Waals surface area contributed by atoms with E-state index in [9.17, 15) is 4.79 Å². The van der Waals surface area contributed by atoms with Crippen LogP contribution in [0.3, 0.4) is 0 Å². The fraction of sp³-hybridized carbons (Fsp3) is 0.600. The number of hydrogen-bond donors (Lipinski definition) is 0. The predicted molar refractivity (Wildman–Crippen MR) is 100 cm³/mol. The molecule has 3 fully saturated rings. The van der Waals surface area contributed by atoms with Crippen LogP contribution in [0.15, 0.2) is 24.3 Å². The first kappa shape index (κ1) is 17.8. The van der Waals surface area contributed by atoms with Gasteiger partial charge in [-0.2, -0.15) is 5.26 Å². The van der Waals surface area contributed by atoms with E-state index in [1.807, 2.05) is 16.7 Å². The molecular formula is C20H24N2O3S. The maximum atomic E-state index is 12.6. The molecule has 138 valence electrons. The standard InChI is InChI=1S/C20H24N2O3S/c21-10-16-2-1-3-17(8-16)19(23)22-13-20(14-22)9-18(12-26-20)25-11-15-4-6-24-7-5-15/h1-3,8,15,18H,4-7,9,11-14H2. The predicted octanol–water partition coefficient (Wildman–Crippen LogP) is 2.70. The fourth-order valence-electron chi connectivity index (χ4n) is 4.01. The highest BCUT2D eigenvalue weighted by molar-refractivity contribution is 8.01. The Morgan fingerprint density at radius 3 is 2.96 bits per heavy atom. The summed E-state index contributed by atoms with van der Waals surface area (Å²) in [5, 5.41) is 9.00. The number of nitrogens with zero attached hydrogens (tertiary/aromatic N) is 2. The summed E-state index contributed by atoms with van der Waals surface area (Å²) in [6.45, 7) is 4.13. The Hall–Kier alpha value is -1.55. The van der Waals surface area contributed by atoms with Crippen LogP contribution in [-0.2, 0) is 9.47 Å². The number of carbonyl (C=O) groups is 1. The van der Waals surface area contributed by atoms with Gasteiger partial charge < -0.3 is 14.4 Å². The molecule has 0 radical (unpaired) electrons. The number of likely N-dealkylation sites (tertiary alicyclic amines) is 1. The lowest BCUT2D eigenvalue weighted by atomic mass is 9.92. The first-order chi connectivity index (χ1) is 12.7. The minimum Gasteiger partial charge on any atom is -0.381 e. The van der Waals surface area contributed by atoms with Crippen LogP contribution in [0.2, 0.25) is 0 Å². The summed E-state index contributed by atoms with van der Waals surface area (Å²) >= 11 is 1.95. The Labute approximate surface area is 158 Å². The summed E-state index contributed by atoms with van der Waals surface area (Å²) in [7, 11) is 0. The van der Waals surface area contributed by atoms with Crippen LogP contribution in [-0.4, -0.2) is 60.3 Å². The summed E-state index contributed by atoms with van der Waals surface area (Å²) in [5.41, 5.74) is 1.14. The zero-order chi connectivity index (χ0) is 18.0. The first-order valence-electron chi connectivity index (χ1n) is 9.30. The Bertz CT molecular complexity index is 705. The minimum atomic E-state index is 0.0277. The van der Waals surface area contributed by atoms with Crippen molar-refractivity contribution >= 4 is 17.7 Å². The largest absolute Gasteiger partial charge is 0.381 e. The van der Waals surface area contributed by atoms with Crippen molar-refractivity contribution in [2.75, 3.05) is 38.7 Å². The highest BCUT2D eigenvalue weighted by Gasteiger charge is 2.51. The number of thioether (sulfide) groups is 1. The van der Waals surface area contributed by atoms with E-state index in [1.165, 1.54) is 0 Å². The van der Waals surface area contributed by atoms with Gasteiger partial charge in [0, 0.05) is 44.2 Å². The normalized spacial score (nSPS) is 25.0. The topological polar surface area (TPSA) is 62.6 Å². The van der Waals surface area contributed by atoms with Crippen LogP contribution in [0.5, 0.6) is 0 Å². The van der Waals surface area contributed by atoms with Gasteiger partial charge in [-0.1, -0.05) is 6.07 Å². The third kappa shape index (κ3) is 3.75. The molecule has 3 aliphatic heterocycles. The Balaban J connectivity index is 1.26.